The van der Waals surface area contributed by atoms with Crippen molar-refractivity contribution >= 4 is 22.0 Å². The zero-order valence-corrected chi connectivity index (χ0v) is 17.8. The molecular weight excluding hydrogens is 433 g/mol. The summed E-state index contributed by atoms with van der Waals surface area (Å²) in [5.74, 6) is -1.18. The Hall–Kier alpha value is -1.77. The monoisotopic (exact) mass is 457 g/mol. The molecule has 1 amide bonds. The Labute approximate surface area is 171 Å². The van der Waals surface area contributed by atoms with Gasteiger partial charge >= 0.3 is 6.09 Å². The molecular formula is C19H25BrFN3O4. The van der Waals surface area contributed by atoms with Gasteiger partial charge in [0.05, 0.1) is 5.92 Å². The van der Waals surface area contributed by atoms with Crippen LogP contribution in [0, 0.1) is 33.8 Å². The van der Waals surface area contributed by atoms with Gasteiger partial charge in [0.15, 0.2) is 0 Å². The van der Waals surface area contributed by atoms with E-state index in [1.165, 1.54) is 6.20 Å². The van der Waals surface area contributed by atoms with Gasteiger partial charge in [-0.05, 0) is 57.4 Å². The molecule has 0 radical (unpaired) electrons. The number of hydrogen-bond acceptors (Lipinski definition) is 5. The number of pyridine rings is 1. The molecule has 1 aromatic rings. The van der Waals surface area contributed by atoms with Crippen molar-refractivity contribution < 1.29 is 18.8 Å². The van der Waals surface area contributed by atoms with Gasteiger partial charge in [-0.15, -0.1) is 0 Å². The second kappa shape index (κ2) is 7.93. The molecule has 3 rings (SSSR count). The van der Waals surface area contributed by atoms with Crippen molar-refractivity contribution in [2.24, 2.45) is 17.8 Å². The topological polar surface area (TPSA) is 85.6 Å². The van der Waals surface area contributed by atoms with Crippen LogP contribution < -0.4 is 0 Å². The molecule has 0 aromatic carbocycles. The average molecular weight is 458 g/mol. The second-order valence-electron chi connectivity index (χ2n) is 8.68. The first-order valence-corrected chi connectivity index (χ1v) is 10.3. The van der Waals surface area contributed by atoms with Crippen LogP contribution in [-0.2, 0) is 4.74 Å². The Balaban J connectivity index is 1.86. The average Bonchev–Trinajstić information content (AvgIpc) is 2.80. The van der Waals surface area contributed by atoms with Crippen molar-refractivity contribution in [2.75, 3.05) is 19.6 Å². The molecule has 1 saturated heterocycles. The van der Waals surface area contributed by atoms with E-state index in [4.69, 9.17) is 4.74 Å². The van der Waals surface area contributed by atoms with Gasteiger partial charge in [-0.3, -0.25) is 10.1 Å². The van der Waals surface area contributed by atoms with Crippen molar-refractivity contribution in [3.05, 3.63) is 38.4 Å². The van der Waals surface area contributed by atoms with Gasteiger partial charge in [0.2, 0.25) is 12.5 Å². The summed E-state index contributed by atoms with van der Waals surface area (Å²) in [7, 11) is 0. The highest BCUT2D eigenvalue weighted by atomic mass is 79.9. The van der Waals surface area contributed by atoms with Crippen LogP contribution in [0.4, 0.5) is 9.18 Å². The molecule has 2 aliphatic rings. The summed E-state index contributed by atoms with van der Waals surface area (Å²) >= 11 is 3.35. The Morgan fingerprint density at radius 3 is 2.54 bits per heavy atom. The first-order valence-electron chi connectivity index (χ1n) is 9.46. The van der Waals surface area contributed by atoms with Crippen LogP contribution in [0.1, 0.15) is 45.1 Å². The highest BCUT2D eigenvalue weighted by Crippen LogP contribution is 2.50. The summed E-state index contributed by atoms with van der Waals surface area (Å²) in [5, 5.41) is 11.4. The van der Waals surface area contributed by atoms with E-state index in [9.17, 15) is 19.3 Å². The van der Waals surface area contributed by atoms with Crippen molar-refractivity contribution in [1.82, 2.24) is 9.88 Å². The van der Waals surface area contributed by atoms with E-state index in [0.29, 0.717) is 17.6 Å². The molecule has 2 bridgehead atoms. The number of nitrogens with zero attached hydrogens (tertiary/aromatic N) is 3. The van der Waals surface area contributed by atoms with E-state index >= 15 is 0 Å². The third-order valence-electron chi connectivity index (χ3n) is 5.63. The van der Waals surface area contributed by atoms with Crippen molar-refractivity contribution in [3.8, 4) is 0 Å². The molecule has 2 fully saturated rings. The number of hydrogen-bond donors (Lipinski definition) is 0. The molecule has 9 heteroatoms. The Kier molecular flexibility index (Phi) is 5.93. The lowest BCUT2D eigenvalue weighted by atomic mass is 9.73. The maximum absolute atomic E-state index is 14.5. The van der Waals surface area contributed by atoms with Crippen molar-refractivity contribution in [1.29, 1.82) is 0 Å². The number of nitro groups is 1. The highest BCUT2D eigenvalue weighted by Gasteiger charge is 2.50. The highest BCUT2D eigenvalue weighted by molar-refractivity contribution is 9.10. The molecule has 1 aromatic heterocycles. The summed E-state index contributed by atoms with van der Waals surface area (Å²) in [6.07, 6.45) is 2.71. The van der Waals surface area contributed by atoms with Crippen LogP contribution in [0.25, 0.3) is 0 Å². The fourth-order valence-corrected chi connectivity index (χ4v) is 5.30. The molecule has 1 aliphatic heterocycles. The van der Waals surface area contributed by atoms with Crippen molar-refractivity contribution in [2.45, 2.75) is 45.1 Å². The smallest absolute Gasteiger partial charge is 0.410 e. The van der Waals surface area contributed by atoms with Crippen LogP contribution in [0.5, 0.6) is 0 Å². The van der Waals surface area contributed by atoms with E-state index in [1.54, 1.807) is 11.0 Å². The van der Waals surface area contributed by atoms with E-state index < -0.39 is 17.5 Å². The number of carbonyl (C=O) groups is 1. The fourth-order valence-electron chi connectivity index (χ4n) is 4.72. The minimum Gasteiger partial charge on any atom is -0.444 e. The lowest BCUT2D eigenvalue weighted by Gasteiger charge is -2.41. The van der Waals surface area contributed by atoms with Gasteiger partial charge in [0.25, 0.3) is 0 Å². The molecule has 7 nitrogen and oxygen atoms in total. The summed E-state index contributed by atoms with van der Waals surface area (Å²) in [6, 6.07) is 1.61. The molecule has 154 valence electrons. The lowest BCUT2D eigenvalue weighted by molar-refractivity contribution is -0.485. The number of rotatable bonds is 4. The molecule has 0 spiro atoms. The van der Waals surface area contributed by atoms with Gasteiger partial charge < -0.3 is 9.64 Å². The first-order chi connectivity index (χ1) is 13.1. The van der Waals surface area contributed by atoms with Crippen LogP contribution in [0.3, 0.4) is 0 Å². The number of likely N-dealkylation sites (tertiary alicyclic amines) is 1. The van der Waals surface area contributed by atoms with Gasteiger partial charge in [-0.25, -0.2) is 9.78 Å². The predicted octanol–water partition coefficient (Wildman–Crippen LogP) is 4.24. The molecule has 1 aliphatic carbocycles. The quantitative estimate of drug-likeness (QED) is 0.383. The van der Waals surface area contributed by atoms with E-state index in [1.807, 2.05) is 20.8 Å². The van der Waals surface area contributed by atoms with Crippen LogP contribution in [0.15, 0.2) is 16.7 Å². The molecule has 1 saturated carbocycles. The largest absolute Gasteiger partial charge is 0.444 e. The standard InChI is InChI=1S/C19H25BrFN3O4/c1-19(2,3)28-18(25)23-8-11-4-5-12(9-23)15(11)13(10-24(26)27)16-14(20)6-7-22-17(16)21/h6-7,11-13,15H,4-5,8-10H2,1-3H3/t11-,12+,13?,15?. The number of aromatic nitrogens is 1. The Bertz CT molecular complexity index is 736. The Morgan fingerprint density at radius 2 is 2.04 bits per heavy atom. The second-order valence-corrected chi connectivity index (χ2v) is 9.53. The minimum absolute atomic E-state index is 0.0703. The van der Waals surface area contributed by atoms with Gasteiger partial charge in [-0.1, -0.05) is 15.9 Å². The van der Waals surface area contributed by atoms with Crippen LogP contribution in [-0.4, -0.2) is 46.1 Å². The molecule has 2 unspecified atom stereocenters. The molecule has 4 atom stereocenters. The van der Waals surface area contributed by atoms with Gasteiger partial charge in [0, 0.05) is 34.2 Å². The number of halogens is 2. The summed E-state index contributed by atoms with van der Waals surface area (Å²) in [6.45, 7) is 6.06. The molecule has 28 heavy (non-hydrogen) atoms. The maximum Gasteiger partial charge on any atom is 0.410 e. The zero-order chi connectivity index (χ0) is 20.6. The van der Waals surface area contributed by atoms with E-state index in [2.05, 4.69) is 20.9 Å². The predicted molar refractivity (Wildman–Crippen MR) is 104 cm³/mol. The van der Waals surface area contributed by atoms with Crippen LogP contribution >= 0.6 is 15.9 Å². The van der Waals surface area contributed by atoms with Crippen molar-refractivity contribution in [3.63, 3.8) is 0 Å². The fraction of sp³-hybridized carbons (Fsp3) is 0.684. The molecule has 0 N–H and O–H groups in total. The number of ether oxygens (including phenoxy) is 1. The summed E-state index contributed by atoms with van der Waals surface area (Å²) in [5.41, 5.74) is -0.308. The number of fused-ring (bicyclic) bond motifs is 2. The van der Waals surface area contributed by atoms with Gasteiger partial charge in [-0.2, -0.15) is 4.39 Å². The first kappa shape index (κ1) is 21.0. The number of piperidine rings is 1. The summed E-state index contributed by atoms with van der Waals surface area (Å²) < 4.78 is 20.5. The van der Waals surface area contributed by atoms with E-state index in [-0.39, 0.29) is 40.9 Å². The zero-order valence-electron chi connectivity index (χ0n) is 16.2. The number of amides is 1. The van der Waals surface area contributed by atoms with E-state index in [0.717, 1.165) is 12.8 Å². The molecule has 2 heterocycles. The normalized spacial score (nSPS) is 25.5. The third kappa shape index (κ3) is 4.45. The third-order valence-corrected chi connectivity index (χ3v) is 6.32. The SMILES string of the molecule is CC(C)(C)OC(=O)N1C[C@H]2CC[C@@H](C1)C2C(C[N+](=O)[O-])c1c(Br)ccnc1F. The minimum atomic E-state index is -0.671. The Morgan fingerprint density at radius 1 is 1.43 bits per heavy atom. The van der Waals surface area contributed by atoms with Gasteiger partial charge in [0.1, 0.15) is 5.60 Å². The lowest BCUT2D eigenvalue weighted by Crippen LogP contribution is -2.49. The summed E-state index contributed by atoms with van der Waals surface area (Å²) in [4.78, 5) is 28.9. The number of carbonyl (C=O) groups excluding carboxylic acids is 1. The van der Waals surface area contributed by atoms with Crippen LogP contribution in [0.2, 0.25) is 0 Å². The maximum atomic E-state index is 14.5.